The van der Waals surface area contributed by atoms with Gasteiger partial charge in [0.1, 0.15) is 0 Å². The molecule has 0 fully saturated rings. The molecular formula is C17H19FNO2+. The first kappa shape index (κ1) is 15.2. The number of aromatic nitrogens is 1. The predicted octanol–water partition coefficient (Wildman–Crippen LogP) is 2.55. The Morgan fingerprint density at radius 1 is 1.24 bits per heavy atom. The van der Waals surface area contributed by atoms with Crippen LogP contribution in [0.3, 0.4) is 0 Å². The molecule has 1 aromatic heterocycles. The van der Waals surface area contributed by atoms with Gasteiger partial charge >= 0.3 is 0 Å². The number of hydrogen-bond acceptors (Lipinski definition) is 2. The van der Waals surface area contributed by atoms with Crippen molar-refractivity contribution in [3.05, 3.63) is 59.2 Å². The highest BCUT2D eigenvalue weighted by Gasteiger charge is 2.15. The number of ketones is 1. The highest BCUT2D eigenvalue weighted by Crippen LogP contribution is 2.14. The molecule has 0 bridgehead atoms. The topological polar surface area (TPSA) is 30.2 Å². The monoisotopic (exact) mass is 288 g/mol. The van der Waals surface area contributed by atoms with E-state index in [1.54, 1.807) is 6.20 Å². The Hall–Kier alpha value is -2.23. The van der Waals surface area contributed by atoms with Crippen LogP contribution in [0.5, 0.6) is 5.75 Å². The number of ether oxygens (including phenoxy) is 1. The molecule has 0 unspecified atom stereocenters. The standard InChI is InChI=1S/C17H19FNO2/c1-12-5-4-6-13(2)17(12)8-15(20)10-19-9-14(18)7-16(11-19)21-3/h4-7,9,11H,8,10H2,1-3H3/q+1. The van der Waals surface area contributed by atoms with Crippen LogP contribution in [0, 0.1) is 19.7 Å². The second kappa shape index (κ2) is 6.48. The van der Waals surface area contributed by atoms with Crippen molar-refractivity contribution in [2.75, 3.05) is 7.11 Å². The lowest BCUT2D eigenvalue weighted by molar-refractivity contribution is -0.686. The second-order valence-corrected chi connectivity index (χ2v) is 5.15. The van der Waals surface area contributed by atoms with Crippen molar-refractivity contribution in [3.8, 4) is 5.75 Å². The molecule has 3 nitrogen and oxygen atoms in total. The summed E-state index contributed by atoms with van der Waals surface area (Å²) in [4.78, 5) is 12.2. The first-order valence-corrected chi connectivity index (χ1v) is 6.80. The Balaban J connectivity index is 2.14. The minimum Gasteiger partial charge on any atom is -0.491 e. The maximum absolute atomic E-state index is 13.4. The summed E-state index contributed by atoms with van der Waals surface area (Å²) in [5.41, 5.74) is 3.25. The highest BCUT2D eigenvalue weighted by molar-refractivity contribution is 5.80. The number of rotatable bonds is 5. The molecule has 0 saturated heterocycles. The number of carbonyl (C=O) groups is 1. The maximum Gasteiger partial charge on any atom is 0.211 e. The van der Waals surface area contributed by atoms with Gasteiger partial charge in [-0.05, 0) is 30.5 Å². The van der Waals surface area contributed by atoms with E-state index in [2.05, 4.69) is 0 Å². The lowest BCUT2D eigenvalue weighted by atomic mass is 9.98. The number of Topliss-reactive ketones (excluding diaryl/α,β-unsaturated/α-hetero) is 1. The number of carbonyl (C=O) groups excluding carboxylic acids is 1. The van der Waals surface area contributed by atoms with E-state index in [1.807, 2.05) is 32.0 Å². The third kappa shape index (κ3) is 3.88. The number of methoxy groups -OCH3 is 1. The third-order valence-corrected chi connectivity index (χ3v) is 3.48. The minimum atomic E-state index is -0.422. The average Bonchev–Trinajstić information content (AvgIpc) is 2.42. The number of benzene rings is 1. The van der Waals surface area contributed by atoms with Crippen LogP contribution in [-0.4, -0.2) is 12.9 Å². The van der Waals surface area contributed by atoms with Gasteiger partial charge in [-0.25, -0.2) is 4.39 Å². The van der Waals surface area contributed by atoms with Crippen LogP contribution in [0.2, 0.25) is 0 Å². The molecule has 0 N–H and O–H groups in total. The SMILES string of the molecule is COc1cc(F)c[n+](CC(=O)Cc2c(C)cccc2C)c1. The molecule has 110 valence electrons. The molecule has 0 radical (unpaired) electrons. The summed E-state index contributed by atoms with van der Waals surface area (Å²) in [5, 5.41) is 0. The van der Waals surface area contributed by atoms with Gasteiger partial charge in [0.05, 0.1) is 7.11 Å². The molecule has 4 heteroatoms. The normalized spacial score (nSPS) is 10.5. The molecule has 1 aromatic carbocycles. The zero-order valence-electron chi connectivity index (χ0n) is 12.5. The Bertz CT molecular complexity index is 648. The van der Waals surface area contributed by atoms with Gasteiger partial charge < -0.3 is 4.74 Å². The molecule has 0 aliphatic carbocycles. The number of aryl methyl sites for hydroxylation is 2. The fourth-order valence-electron chi connectivity index (χ4n) is 2.36. The Morgan fingerprint density at radius 3 is 2.52 bits per heavy atom. The summed E-state index contributed by atoms with van der Waals surface area (Å²) in [5.74, 6) is 0.00847. The van der Waals surface area contributed by atoms with E-state index in [-0.39, 0.29) is 12.3 Å². The predicted molar refractivity (Wildman–Crippen MR) is 77.8 cm³/mol. The Labute approximate surface area is 124 Å². The summed E-state index contributed by atoms with van der Waals surface area (Å²) in [6.07, 6.45) is 3.27. The van der Waals surface area contributed by atoms with Crippen molar-refractivity contribution >= 4 is 5.78 Å². The van der Waals surface area contributed by atoms with E-state index in [4.69, 9.17) is 4.74 Å². The van der Waals surface area contributed by atoms with Gasteiger partial charge in [0.25, 0.3) is 0 Å². The zero-order valence-corrected chi connectivity index (χ0v) is 12.5. The van der Waals surface area contributed by atoms with Crippen LogP contribution >= 0.6 is 0 Å². The van der Waals surface area contributed by atoms with E-state index < -0.39 is 5.82 Å². The quantitative estimate of drug-likeness (QED) is 0.792. The van der Waals surface area contributed by atoms with Gasteiger partial charge in [0.2, 0.25) is 24.7 Å². The van der Waals surface area contributed by atoms with Gasteiger partial charge in [-0.2, -0.15) is 4.57 Å². The largest absolute Gasteiger partial charge is 0.491 e. The van der Waals surface area contributed by atoms with E-state index in [1.165, 1.54) is 23.9 Å². The van der Waals surface area contributed by atoms with E-state index >= 15 is 0 Å². The Kier molecular flexibility index (Phi) is 4.68. The summed E-state index contributed by atoms with van der Waals surface area (Å²) >= 11 is 0. The van der Waals surface area contributed by atoms with Crippen LogP contribution in [0.15, 0.2) is 36.7 Å². The molecule has 0 aliphatic rings. The number of nitrogens with zero attached hydrogens (tertiary/aromatic N) is 1. The number of hydrogen-bond donors (Lipinski definition) is 0. The molecule has 21 heavy (non-hydrogen) atoms. The second-order valence-electron chi connectivity index (χ2n) is 5.15. The third-order valence-electron chi connectivity index (χ3n) is 3.48. The molecule has 0 amide bonds. The molecular weight excluding hydrogens is 269 g/mol. The van der Waals surface area contributed by atoms with Crippen LogP contribution in [0.4, 0.5) is 4.39 Å². The number of halogens is 1. The molecule has 0 spiro atoms. The fraction of sp³-hybridized carbons (Fsp3) is 0.294. The van der Waals surface area contributed by atoms with Crippen molar-refractivity contribution < 1.29 is 18.5 Å². The first-order chi connectivity index (χ1) is 9.99. The lowest BCUT2D eigenvalue weighted by Crippen LogP contribution is -2.38. The van der Waals surface area contributed by atoms with Gasteiger partial charge in [-0.3, -0.25) is 4.79 Å². The lowest BCUT2D eigenvalue weighted by Gasteiger charge is -2.08. The van der Waals surface area contributed by atoms with E-state index in [0.717, 1.165) is 16.7 Å². The molecule has 1 heterocycles. The van der Waals surface area contributed by atoms with Gasteiger partial charge in [-0.15, -0.1) is 0 Å². The maximum atomic E-state index is 13.4. The van der Waals surface area contributed by atoms with Gasteiger partial charge in [0, 0.05) is 12.5 Å². The zero-order chi connectivity index (χ0) is 15.4. The van der Waals surface area contributed by atoms with Crippen molar-refractivity contribution in [1.29, 1.82) is 0 Å². The fourth-order valence-corrected chi connectivity index (χ4v) is 2.36. The van der Waals surface area contributed by atoms with Crippen molar-refractivity contribution in [2.24, 2.45) is 0 Å². The molecule has 0 aliphatic heterocycles. The van der Waals surface area contributed by atoms with Crippen LogP contribution in [0.25, 0.3) is 0 Å². The molecule has 2 aromatic rings. The van der Waals surface area contributed by atoms with E-state index in [9.17, 15) is 9.18 Å². The summed E-state index contributed by atoms with van der Waals surface area (Å²) in [7, 11) is 1.47. The van der Waals surface area contributed by atoms with Crippen molar-refractivity contribution in [1.82, 2.24) is 0 Å². The van der Waals surface area contributed by atoms with Crippen LogP contribution < -0.4 is 9.30 Å². The van der Waals surface area contributed by atoms with Crippen LogP contribution in [0.1, 0.15) is 16.7 Å². The van der Waals surface area contributed by atoms with E-state index in [0.29, 0.717) is 12.2 Å². The average molecular weight is 288 g/mol. The van der Waals surface area contributed by atoms with Crippen molar-refractivity contribution in [2.45, 2.75) is 26.8 Å². The summed E-state index contributed by atoms with van der Waals surface area (Å²) in [6, 6.07) is 7.25. The molecule has 0 atom stereocenters. The number of pyridine rings is 1. The smallest absolute Gasteiger partial charge is 0.211 e. The minimum absolute atomic E-state index is 0.0325. The molecule has 2 rings (SSSR count). The summed E-state index contributed by atoms with van der Waals surface area (Å²) in [6.45, 7) is 4.11. The van der Waals surface area contributed by atoms with Crippen LogP contribution in [-0.2, 0) is 17.8 Å². The Morgan fingerprint density at radius 2 is 1.90 bits per heavy atom. The van der Waals surface area contributed by atoms with Gasteiger partial charge in [-0.1, -0.05) is 18.2 Å². The van der Waals surface area contributed by atoms with Crippen molar-refractivity contribution in [3.63, 3.8) is 0 Å². The highest BCUT2D eigenvalue weighted by atomic mass is 19.1. The first-order valence-electron chi connectivity index (χ1n) is 6.80. The van der Waals surface area contributed by atoms with Gasteiger partial charge in [0.15, 0.2) is 11.6 Å². The summed E-state index contributed by atoms with van der Waals surface area (Å²) < 4.78 is 19.9. The molecule has 0 saturated carbocycles.